The molecule has 0 radical (unpaired) electrons. The molecule has 0 bridgehead atoms. The number of ether oxygens (including phenoxy) is 1. The Balaban J connectivity index is 2.18. The molecule has 1 aromatic heterocycles. The van der Waals surface area contributed by atoms with E-state index in [4.69, 9.17) is 4.74 Å². The van der Waals surface area contributed by atoms with Gasteiger partial charge in [-0.2, -0.15) is 13.2 Å². The van der Waals surface area contributed by atoms with Gasteiger partial charge >= 0.3 is 6.18 Å². The van der Waals surface area contributed by atoms with Gasteiger partial charge in [0, 0.05) is 6.20 Å². The van der Waals surface area contributed by atoms with Crippen molar-refractivity contribution >= 4 is 11.6 Å². The van der Waals surface area contributed by atoms with Crippen molar-refractivity contribution in [2.75, 3.05) is 11.9 Å². The molecule has 0 saturated carbocycles. The number of hydrogen-bond donors (Lipinski definition) is 1. The van der Waals surface area contributed by atoms with Gasteiger partial charge in [0.1, 0.15) is 17.9 Å². The number of carbonyl (C=O) groups is 1. The van der Waals surface area contributed by atoms with Crippen molar-refractivity contribution in [1.29, 1.82) is 0 Å². The molecule has 0 aliphatic carbocycles. The molecule has 128 valence electrons. The van der Waals surface area contributed by atoms with Gasteiger partial charge in [-0.25, -0.2) is 0 Å². The van der Waals surface area contributed by atoms with Crippen molar-refractivity contribution < 1.29 is 22.7 Å². The van der Waals surface area contributed by atoms with Gasteiger partial charge in [-0.05, 0) is 31.2 Å². The van der Waals surface area contributed by atoms with Gasteiger partial charge in [0.25, 0.3) is 5.56 Å². The highest BCUT2D eigenvalue weighted by molar-refractivity contribution is 5.92. The van der Waals surface area contributed by atoms with Crippen LogP contribution in [0.15, 0.2) is 47.4 Å². The zero-order chi connectivity index (χ0) is 17.7. The standard InChI is InChI=1S/C16H15F3N2O3/c1-2-24-13-8-4-3-7-12(13)20-14(22)10-21-9-5-6-11(15(21)23)16(17,18)19/h3-9H,2,10H2,1H3,(H,20,22). The largest absolute Gasteiger partial charge is 0.492 e. The van der Waals surface area contributed by atoms with Crippen LogP contribution >= 0.6 is 0 Å². The third-order valence-electron chi connectivity index (χ3n) is 3.10. The first kappa shape index (κ1) is 17.6. The number of alkyl halides is 3. The van der Waals surface area contributed by atoms with E-state index in [1.54, 1.807) is 31.2 Å². The van der Waals surface area contributed by atoms with E-state index in [1.807, 2.05) is 0 Å². The van der Waals surface area contributed by atoms with Gasteiger partial charge in [-0.3, -0.25) is 9.59 Å². The number of nitrogens with zero attached hydrogens (tertiary/aromatic N) is 1. The molecule has 1 N–H and O–H groups in total. The number of anilines is 1. The Bertz CT molecular complexity index is 785. The van der Waals surface area contributed by atoms with Gasteiger partial charge in [0.15, 0.2) is 0 Å². The molecule has 5 nitrogen and oxygen atoms in total. The molecule has 0 spiro atoms. The Morgan fingerprint density at radius 1 is 1.21 bits per heavy atom. The molecule has 2 rings (SSSR count). The highest BCUT2D eigenvalue weighted by Crippen LogP contribution is 2.26. The van der Waals surface area contributed by atoms with Crippen LogP contribution in [-0.2, 0) is 17.5 Å². The first-order valence-corrected chi connectivity index (χ1v) is 7.11. The number of nitrogens with one attached hydrogen (secondary N) is 1. The van der Waals surface area contributed by atoms with E-state index in [1.165, 1.54) is 0 Å². The molecule has 0 aliphatic heterocycles. The van der Waals surface area contributed by atoms with E-state index >= 15 is 0 Å². The second-order valence-corrected chi connectivity index (χ2v) is 4.83. The number of amides is 1. The van der Waals surface area contributed by atoms with Crippen molar-refractivity contribution in [2.45, 2.75) is 19.6 Å². The fraction of sp³-hybridized carbons (Fsp3) is 0.250. The lowest BCUT2D eigenvalue weighted by atomic mass is 10.2. The van der Waals surface area contributed by atoms with E-state index < -0.39 is 29.8 Å². The number of carbonyl (C=O) groups excluding carboxylic acids is 1. The summed E-state index contributed by atoms with van der Waals surface area (Å²) in [6.45, 7) is 1.63. The minimum atomic E-state index is -4.77. The summed E-state index contributed by atoms with van der Waals surface area (Å²) >= 11 is 0. The van der Waals surface area contributed by atoms with E-state index in [0.29, 0.717) is 28.7 Å². The maximum Gasteiger partial charge on any atom is 0.421 e. The summed E-state index contributed by atoms with van der Waals surface area (Å²) < 4.78 is 44.2. The molecule has 24 heavy (non-hydrogen) atoms. The van der Waals surface area contributed by atoms with Crippen LogP contribution in [-0.4, -0.2) is 17.1 Å². The number of benzene rings is 1. The Hall–Kier alpha value is -2.77. The zero-order valence-corrected chi connectivity index (χ0v) is 12.8. The van der Waals surface area contributed by atoms with Crippen LogP contribution < -0.4 is 15.6 Å². The van der Waals surface area contributed by atoms with Crippen LogP contribution in [0.1, 0.15) is 12.5 Å². The molecule has 1 aromatic carbocycles. The van der Waals surface area contributed by atoms with Gasteiger partial charge in [0.2, 0.25) is 5.91 Å². The predicted octanol–water partition coefficient (Wildman–Crippen LogP) is 2.90. The van der Waals surface area contributed by atoms with Gasteiger partial charge in [0.05, 0.1) is 12.3 Å². The number of hydrogen-bond acceptors (Lipinski definition) is 3. The Labute approximate surface area is 135 Å². The molecule has 0 aliphatic rings. The van der Waals surface area contributed by atoms with Gasteiger partial charge in [-0.15, -0.1) is 0 Å². The molecule has 1 amide bonds. The SMILES string of the molecule is CCOc1ccccc1NC(=O)Cn1cccc(C(F)(F)F)c1=O. The first-order valence-electron chi connectivity index (χ1n) is 7.11. The number of rotatable bonds is 5. The van der Waals surface area contributed by atoms with Crippen LogP contribution in [0.3, 0.4) is 0 Å². The highest BCUT2D eigenvalue weighted by atomic mass is 19.4. The first-order chi connectivity index (χ1) is 11.3. The predicted molar refractivity (Wildman–Crippen MR) is 81.9 cm³/mol. The monoisotopic (exact) mass is 340 g/mol. The maximum atomic E-state index is 12.7. The molecule has 2 aromatic rings. The lowest BCUT2D eigenvalue weighted by molar-refractivity contribution is -0.139. The smallest absolute Gasteiger partial charge is 0.421 e. The summed E-state index contributed by atoms with van der Waals surface area (Å²) in [6, 6.07) is 8.40. The molecule has 8 heteroatoms. The fourth-order valence-electron chi connectivity index (χ4n) is 2.07. The number of pyridine rings is 1. The van der Waals surface area contributed by atoms with E-state index in [2.05, 4.69) is 5.32 Å². The molecule has 0 fully saturated rings. The molecular formula is C16H15F3N2O3. The number of para-hydroxylation sites is 2. The summed E-state index contributed by atoms with van der Waals surface area (Å²) in [5.41, 5.74) is -2.20. The van der Waals surface area contributed by atoms with Gasteiger partial charge in [-0.1, -0.05) is 12.1 Å². The van der Waals surface area contributed by atoms with Crippen molar-refractivity contribution in [3.8, 4) is 5.75 Å². The van der Waals surface area contributed by atoms with E-state index in [0.717, 1.165) is 12.3 Å². The minimum Gasteiger partial charge on any atom is -0.492 e. The van der Waals surface area contributed by atoms with Crippen molar-refractivity contribution in [3.63, 3.8) is 0 Å². The average molecular weight is 340 g/mol. The second-order valence-electron chi connectivity index (χ2n) is 4.83. The van der Waals surface area contributed by atoms with E-state index in [-0.39, 0.29) is 0 Å². The van der Waals surface area contributed by atoms with Crippen LogP contribution in [0.4, 0.5) is 18.9 Å². The number of halogens is 3. The molecule has 0 atom stereocenters. The molecule has 0 unspecified atom stereocenters. The Kier molecular flexibility index (Phi) is 5.28. The summed E-state index contributed by atoms with van der Waals surface area (Å²) in [5, 5.41) is 2.52. The summed E-state index contributed by atoms with van der Waals surface area (Å²) in [7, 11) is 0. The third-order valence-corrected chi connectivity index (χ3v) is 3.10. The van der Waals surface area contributed by atoms with Crippen molar-refractivity contribution in [3.05, 3.63) is 58.5 Å². The van der Waals surface area contributed by atoms with Gasteiger partial charge < -0.3 is 14.6 Å². The van der Waals surface area contributed by atoms with Crippen LogP contribution in [0, 0.1) is 0 Å². The second kappa shape index (κ2) is 7.20. The Morgan fingerprint density at radius 3 is 2.58 bits per heavy atom. The molecule has 0 saturated heterocycles. The van der Waals surface area contributed by atoms with Crippen molar-refractivity contribution in [2.24, 2.45) is 0 Å². The minimum absolute atomic E-state index is 0.379. The normalized spacial score (nSPS) is 11.2. The Morgan fingerprint density at radius 2 is 1.92 bits per heavy atom. The summed E-state index contributed by atoms with van der Waals surface area (Å²) in [5.74, 6) is -0.201. The van der Waals surface area contributed by atoms with Crippen LogP contribution in [0.2, 0.25) is 0 Å². The summed E-state index contributed by atoms with van der Waals surface area (Å²) in [6.07, 6.45) is -3.64. The molecular weight excluding hydrogens is 325 g/mol. The zero-order valence-electron chi connectivity index (χ0n) is 12.8. The highest BCUT2D eigenvalue weighted by Gasteiger charge is 2.34. The average Bonchev–Trinajstić information content (AvgIpc) is 2.50. The fourth-order valence-corrected chi connectivity index (χ4v) is 2.07. The topological polar surface area (TPSA) is 60.3 Å². The lowest BCUT2D eigenvalue weighted by Crippen LogP contribution is -2.32. The van der Waals surface area contributed by atoms with Crippen LogP contribution in [0.5, 0.6) is 5.75 Å². The number of aromatic nitrogens is 1. The summed E-state index contributed by atoms with van der Waals surface area (Å²) in [4.78, 5) is 23.9. The van der Waals surface area contributed by atoms with E-state index in [9.17, 15) is 22.8 Å². The van der Waals surface area contributed by atoms with Crippen molar-refractivity contribution in [1.82, 2.24) is 4.57 Å². The maximum absolute atomic E-state index is 12.7. The quantitative estimate of drug-likeness (QED) is 0.910. The third kappa shape index (κ3) is 4.15. The molecule has 1 heterocycles. The van der Waals surface area contributed by atoms with Crippen LogP contribution in [0.25, 0.3) is 0 Å². The lowest BCUT2D eigenvalue weighted by Gasteiger charge is -2.13.